The van der Waals surface area contributed by atoms with Crippen molar-refractivity contribution in [2.24, 2.45) is 0 Å². The molecule has 2 aromatic carbocycles. The average molecular weight is 472 g/mol. The molecule has 8 heteroatoms. The molecular weight excluding hydrogens is 434 g/mol. The lowest BCUT2D eigenvalue weighted by molar-refractivity contribution is -0.130. The number of hydrogen-bond donors (Lipinski definition) is 1. The Morgan fingerprint density at radius 1 is 0.882 bits per heavy atom. The Morgan fingerprint density at radius 3 is 2.21 bits per heavy atom. The third kappa shape index (κ3) is 6.47. The summed E-state index contributed by atoms with van der Waals surface area (Å²) in [5, 5.41) is 3.42. The van der Waals surface area contributed by atoms with Gasteiger partial charge in [-0.05, 0) is 61.8 Å². The van der Waals surface area contributed by atoms with Gasteiger partial charge in [0.25, 0.3) is 0 Å². The largest absolute Gasteiger partial charge is 0.493 e. The number of hydrogen-bond acceptors (Lipinski definition) is 7. The number of carbonyl (C=O) groups is 1. The zero-order chi connectivity index (χ0) is 24.5. The summed E-state index contributed by atoms with van der Waals surface area (Å²) in [6.45, 7) is 4.12. The number of fused-ring (bicyclic) bond motifs is 1. The van der Waals surface area contributed by atoms with Gasteiger partial charge in [0.15, 0.2) is 23.0 Å². The molecule has 0 saturated heterocycles. The Labute approximate surface area is 202 Å². The van der Waals surface area contributed by atoms with Crippen molar-refractivity contribution in [3.63, 3.8) is 0 Å². The minimum atomic E-state index is 0.170. The van der Waals surface area contributed by atoms with Crippen molar-refractivity contribution in [2.75, 3.05) is 73.5 Å². The van der Waals surface area contributed by atoms with E-state index in [1.807, 2.05) is 35.2 Å². The van der Waals surface area contributed by atoms with E-state index in [1.54, 1.807) is 28.4 Å². The number of ether oxygens (including phenoxy) is 4. The molecule has 8 nitrogen and oxygen atoms in total. The summed E-state index contributed by atoms with van der Waals surface area (Å²) in [6, 6.07) is 9.76. The van der Waals surface area contributed by atoms with Crippen molar-refractivity contribution < 1.29 is 23.7 Å². The lowest BCUT2D eigenvalue weighted by Gasteiger charge is -2.23. The van der Waals surface area contributed by atoms with Crippen molar-refractivity contribution >= 4 is 11.6 Å². The SMILES string of the molecule is COc1ccc(NCCN(C)CCCN2CCc3cc(OC)c(OC)cc3CC2=O)cc1OC. The standard InChI is InChI=1S/C26H37N3O5/c1-28(14-10-27-21-7-8-22(31-2)25(18-21)34-5)11-6-12-29-13-9-19-15-23(32-3)24(33-4)16-20(19)17-26(29)30/h7-8,15-16,18,27H,6,9-14,17H2,1-5H3. The number of carbonyl (C=O) groups excluding carboxylic acids is 1. The van der Waals surface area contributed by atoms with E-state index in [0.717, 1.165) is 68.1 Å². The summed E-state index contributed by atoms with van der Waals surface area (Å²) in [7, 11) is 8.63. The predicted molar refractivity (Wildman–Crippen MR) is 134 cm³/mol. The zero-order valence-corrected chi connectivity index (χ0v) is 21.0. The van der Waals surface area contributed by atoms with Gasteiger partial charge in [0.1, 0.15) is 0 Å². The second-order valence-electron chi connectivity index (χ2n) is 8.44. The van der Waals surface area contributed by atoms with Gasteiger partial charge in [-0.2, -0.15) is 0 Å². The molecule has 1 amide bonds. The lowest BCUT2D eigenvalue weighted by atomic mass is 10.0. The van der Waals surface area contributed by atoms with Crippen molar-refractivity contribution in [1.82, 2.24) is 9.80 Å². The Hall–Kier alpha value is -3.13. The number of nitrogens with zero attached hydrogens (tertiary/aromatic N) is 2. The fraction of sp³-hybridized carbons (Fsp3) is 0.500. The van der Waals surface area contributed by atoms with E-state index in [2.05, 4.69) is 17.3 Å². The molecule has 0 bridgehead atoms. The Balaban J connectivity index is 1.43. The maximum atomic E-state index is 12.8. The van der Waals surface area contributed by atoms with Crippen LogP contribution in [0.3, 0.4) is 0 Å². The van der Waals surface area contributed by atoms with Gasteiger partial charge in [0, 0.05) is 37.9 Å². The van der Waals surface area contributed by atoms with Gasteiger partial charge < -0.3 is 34.1 Å². The minimum absolute atomic E-state index is 0.170. The molecule has 0 unspecified atom stereocenters. The highest BCUT2D eigenvalue weighted by molar-refractivity contribution is 5.80. The summed E-state index contributed by atoms with van der Waals surface area (Å²) < 4.78 is 21.5. The van der Waals surface area contributed by atoms with Crippen LogP contribution in [-0.2, 0) is 17.6 Å². The first-order valence-electron chi connectivity index (χ1n) is 11.6. The molecule has 34 heavy (non-hydrogen) atoms. The summed E-state index contributed by atoms with van der Waals surface area (Å²) >= 11 is 0. The Morgan fingerprint density at radius 2 is 1.53 bits per heavy atom. The summed E-state index contributed by atoms with van der Waals surface area (Å²) in [6.07, 6.45) is 2.16. The third-order valence-corrected chi connectivity index (χ3v) is 6.23. The van der Waals surface area contributed by atoms with E-state index < -0.39 is 0 Å². The van der Waals surface area contributed by atoms with Crippen LogP contribution in [0.4, 0.5) is 5.69 Å². The summed E-state index contributed by atoms with van der Waals surface area (Å²) in [5.41, 5.74) is 3.18. The van der Waals surface area contributed by atoms with E-state index in [-0.39, 0.29) is 5.91 Å². The first-order valence-corrected chi connectivity index (χ1v) is 11.6. The second kappa shape index (κ2) is 12.4. The number of anilines is 1. The predicted octanol–water partition coefficient (Wildman–Crippen LogP) is 3.08. The molecule has 1 N–H and O–H groups in total. The topological polar surface area (TPSA) is 72.5 Å². The molecule has 2 aromatic rings. The summed E-state index contributed by atoms with van der Waals surface area (Å²) in [5.74, 6) is 2.98. The van der Waals surface area contributed by atoms with Gasteiger partial charge >= 0.3 is 0 Å². The van der Waals surface area contributed by atoms with Crippen molar-refractivity contribution in [3.05, 3.63) is 41.5 Å². The normalized spacial score (nSPS) is 13.4. The van der Waals surface area contributed by atoms with Crippen molar-refractivity contribution in [3.8, 4) is 23.0 Å². The molecule has 0 atom stereocenters. The number of methoxy groups -OCH3 is 4. The number of benzene rings is 2. The van der Waals surface area contributed by atoms with Gasteiger partial charge in [-0.15, -0.1) is 0 Å². The van der Waals surface area contributed by atoms with Crippen LogP contribution in [-0.4, -0.2) is 83.9 Å². The molecular formula is C26H37N3O5. The van der Waals surface area contributed by atoms with Crippen LogP contribution in [0, 0.1) is 0 Å². The smallest absolute Gasteiger partial charge is 0.227 e. The highest BCUT2D eigenvalue weighted by Crippen LogP contribution is 2.32. The van der Waals surface area contributed by atoms with Crippen molar-refractivity contribution in [2.45, 2.75) is 19.3 Å². The minimum Gasteiger partial charge on any atom is -0.493 e. The number of amides is 1. The molecule has 0 aromatic heterocycles. The first-order chi connectivity index (χ1) is 16.5. The average Bonchev–Trinajstić information content (AvgIpc) is 3.00. The van der Waals surface area contributed by atoms with E-state index in [0.29, 0.717) is 23.7 Å². The second-order valence-corrected chi connectivity index (χ2v) is 8.44. The monoisotopic (exact) mass is 471 g/mol. The molecule has 0 spiro atoms. The summed E-state index contributed by atoms with van der Waals surface area (Å²) in [4.78, 5) is 17.1. The fourth-order valence-corrected chi connectivity index (χ4v) is 4.23. The number of rotatable bonds is 12. The highest BCUT2D eigenvalue weighted by atomic mass is 16.5. The van der Waals surface area contributed by atoms with E-state index in [9.17, 15) is 4.79 Å². The van der Waals surface area contributed by atoms with E-state index in [1.165, 1.54) is 0 Å². The molecule has 1 aliphatic heterocycles. The maximum Gasteiger partial charge on any atom is 0.227 e. The molecule has 0 aliphatic carbocycles. The lowest BCUT2D eigenvalue weighted by Crippen LogP contribution is -2.35. The zero-order valence-electron chi connectivity index (χ0n) is 21.0. The van der Waals surface area contributed by atoms with Crippen molar-refractivity contribution in [1.29, 1.82) is 0 Å². The van der Waals surface area contributed by atoms with Crippen LogP contribution >= 0.6 is 0 Å². The molecule has 1 aliphatic rings. The highest BCUT2D eigenvalue weighted by Gasteiger charge is 2.22. The van der Waals surface area contributed by atoms with Crippen LogP contribution in [0.15, 0.2) is 30.3 Å². The Bertz CT molecular complexity index is 966. The first kappa shape index (κ1) is 25.5. The molecule has 0 radical (unpaired) electrons. The number of likely N-dealkylation sites (N-methyl/N-ethyl adjacent to an activating group) is 1. The van der Waals surface area contributed by atoms with Crippen LogP contribution in [0.25, 0.3) is 0 Å². The van der Waals surface area contributed by atoms with Gasteiger partial charge in [-0.25, -0.2) is 0 Å². The van der Waals surface area contributed by atoms with Gasteiger partial charge in [-0.3, -0.25) is 4.79 Å². The maximum absolute atomic E-state index is 12.8. The Kier molecular flexibility index (Phi) is 9.27. The molecule has 186 valence electrons. The quantitative estimate of drug-likeness (QED) is 0.510. The van der Waals surface area contributed by atoms with Crippen LogP contribution in [0.1, 0.15) is 17.5 Å². The molecule has 0 saturated carbocycles. The third-order valence-electron chi connectivity index (χ3n) is 6.23. The fourth-order valence-electron chi connectivity index (χ4n) is 4.23. The van der Waals surface area contributed by atoms with Gasteiger partial charge in [-0.1, -0.05) is 0 Å². The molecule has 0 fully saturated rings. The van der Waals surface area contributed by atoms with Crippen LogP contribution in [0.5, 0.6) is 23.0 Å². The van der Waals surface area contributed by atoms with Gasteiger partial charge in [0.2, 0.25) is 5.91 Å². The van der Waals surface area contributed by atoms with Gasteiger partial charge in [0.05, 0.1) is 34.9 Å². The van der Waals surface area contributed by atoms with E-state index >= 15 is 0 Å². The molecule has 1 heterocycles. The van der Waals surface area contributed by atoms with Crippen LogP contribution < -0.4 is 24.3 Å². The van der Waals surface area contributed by atoms with Crippen LogP contribution in [0.2, 0.25) is 0 Å². The molecule has 3 rings (SSSR count). The van der Waals surface area contributed by atoms with E-state index in [4.69, 9.17) is 18.9 Å². The number of nitrogens with one attached hydrogen (secondary N) is 1.